The van der Waals surface area contributed by atoms with Gasteiger partial charge in [0, 0.05) is 11.6 Å². The number of benzene rings is 1. The number of halogens is 1. The van der Waals surface area contributed by atoms with Crippen LogP contribution in [-0.2, 0) is 14.3 Å². The van der Waals surface area contributed by atoms with Gasteiger partial charge in [-0.3, -0.25) is 19.9 Å². The van der Waals surface area contributed by atoms with Gasteiger partial charge in [0.25, 0.3) is 0 Å². The minimum Gasteiger partial charge on any atom is -0.495 e. The van der Waals surface area contributed by atoms with Crippen molar-refractivity contribution in [1.29, 1.82) is 0 Å². The van der Waals surface area contributed by atoms with Crippen molar-refractivity contribution >= 4 is 35.1 Å². The van der Waals surface area contributed by atoms with Crippen molar-refractivity contribution < 1.29 is 19.1 Å². The number of methoxy groups -OCH3 is 1. The van der Waals surface area contributed by atoms with E-state index in [0.717, 1.165) is 19.4 Å². The van der Waals surface area contributed by atoms with Crippen LogP contribution in [0.15, 0.2) is 23.2 Å². The van der Waals surface area contributed by atoms with Gasteiger partial charge in [-0.1, -0.05) is 11.6 Å². The Hall–Kier alpha value is -2.32. The highest BCUT2D eigenvalue weighted by Gasteiger charge is 2.29. The number of carbonyl (C=O) groups is 2. The van der Waals surface area contributed by atoms with E-state index in [1.54, 1.807) is 18.2 Å². The summed E-state index contributed by atoms with van der Waals surface area (Å²) in [7, 11) is 1.50. The molecule has 26 heavy (non-hydrogen) atoms. The van der Waals surface area contributed by atoms with Gasteiger partial charge in [-0.2, -0.15) is 0 Å². The van der Waals surface area contributed by atoms with Gasteiger partial charge in [-0.15, -0.1) is 0 Å². The molecule has 2 atom stereocenters. The number of aliphatic imine (C=N–C) groups is 1. The molecule has 2 unspecified atom stereocenters. The molecule has 0 aromatic heterocycles. The van der Waals surface area contributed by atoms with Crippen molar-refractivity contribution in [3.05, 3.63) is 23.2 Å². The lowest BCUT2D eigenvalue weighted by Crippen LogP contribution is -2.57. The Morgan fingerprint density at radius 1 is 1.50 bits per heavy atom. The SMILES string of the molecule is COc1ccc(Cl)cc1NC(=O)C1CC(=O)NC(=NCC2CCCO2)N1. The lowest BCUT2D eigenvalue weighted by atomic mass is 10.1. The van der Waals surface area contributed by atoms with Crippen LogP contribution in [0.5, 0.6) is 5.75 Å². The number of nitrogens with zero attached hydrogens (tertiary/aromatic N) is 1. The fourth-order valence-corrected chi connectivity index (χ4v) is 3.02. The monoisotopic (exact) mass is 380 g/mol. The van der Waals surface area contributed by atoms with Crippen LogP contribution in [0.25, 0.3) is 0 Å². The van der Waals surface area contributed by atoms with E-state index in [0.29, 0.717) is 23.0 Å². The summed E-state index contributed by atoms with van der Waals surface area (Å²) in [5.74, 6) is 0.128. The lowest BCUT2D eigenvalue weighted by Gasteiger charge is -2.25. The first-order chi connectivity index (χ1) is 12.5. The smallest absolute Gasteiger partial charge is 0.247 e. The maximum Gasteiger partial charge on any atom is 0.247 e. The maximum absolute atomic E-state index is 12.6. The van der Waals surface area contributed by atoms with Crippen LogP contribution in [0.2, 0.25) is 5.02 Å². The Kier molecular flexibility index (Phi) is 5.95. The quantitative estimate of drug-likeness (QED) is 0.714. The lowest BCUT2D eigenvalue weighted by molar-refractivity contribution is -0.125. The molecule has 3 N–H and O–H groups in total. The minimum absolute atomic E-state index is 0.00760. The highest BCUT2D eigenvalue weighted by atomic mass is 35.5. The predicted molar refractivity (Wildman–Crippen MR) is 97.6 cm³/mol. The van der Waals surface area contributed by atoms with E-state index < -0.39 is 6.04 Å². The van der Waals surface area contributed by atoms with Crippen LogP contribution in [0.1, 0.15) is 19.3 Å². The number of carbonyl (C=O) groups excluding carboxylic acids is 2. The molecule has 2 aliphatic rings. The Morgan fingerprint density at radius 3 is 3.08 bits per heavy atom. The topological polar surface area (TPSA) is 101 Å². The molecule has 2 amide bonds. The number of rotatable bonds is 5. The van der Waals surface area contributed by atoms with Gasteiger partial charge in [0.1, 0.15) is 11.8 Å². The van der Waals surface area contributed by atoms with Gasteiger partial charge < -0.3 is 20.1 Å². The Bertz CT molecular complexity index is 719. The van der Waals surface area contributed by atoms with E-state index >= 15 is 0 Å². The molecule has 0 bridgehead atoms. The van der Waals surface area contributed by atoms with Crippen molar-refractivity contribution in [2.75, 3.05) is 25.6 Å². The summed E-state index contributed by atoms with van der Waals surface area (Å²) in [6, 6.07) is 4.18. The van der Waals surface area contributed by atoms with Gasteiger partial charge in [-0.25, -0.2) is 0 Å². The number of anilines is 1. The number of nitrogens with one attached hydrogen (secondary N) is 3. The molecule has 2 saturated heterocycles. The molecule has 0 aliphatic carbocycles. The summed E-state index contributed by atoms with van der Waals surface area (Å²) in [6.45, 7) is 1.18. The first kappa shape index (κ1) is 18.5. The standard InChI is InChI=1S/C17H21ClN4O4/c1-25-14-5-4-10(18)7-12(14)20-16(24)13-8-15(23)22-17(21-13)19-9-11-3-2-6-26-11/h4-5,7,11,13H,2-3,6,8-9H2,1H3,(H,20,24)(H2,19,21,22,23). The van der Waals surface area contributed by atoms with Crippen molar-refractivity contribution in [2.24, 2.45) is 4.99 Å². The van der Waals surface area contributed by atoms with Crippen LogP contribution >= 0.6 is 11.6 Å². The van der Waals surface area contributed by atoms with Crippen LogP contribution in [0.4, 0.5) is 5.69 Å². The largest absolute Gasteiger partial charge is 0.495 e. The van der Waals surface area contributed by atoms with E-state index in [2.05, 4.69) is 20.9 Å². The third kappa shape index (κ3) is 4.64. The molecule has 0 saturated carbocycles. The number of guanidine groups is 1. The molecular weight excluding hydrogens is 360 g/mol. The van der Waals surface area contributed by atoms with Crippen molar-refractivity contribution in [3.8, 4) is 5.75 Å². The normalized spacial score (nSPS) is 24.1. The van der Waals surface area contributed by atoms with Crippen LogP contribution in [-0.4, -0.2) is 50.2 Å². The van der Waals surface area contributed by atoms with E-state index in [1.165, 1.54) is 7.11 Å². The molecule has 1 aromatic carbocycles. The molecule has 140 valence electrons. The molecule has 2 aliphatic heterocycles. The van der Waals surface area contributed by atoms with Crippen molar-refractivity contribution in [3.63, 3.8) is 0 Å². The van der Waals surface area contributed by atoms with Gasteiger partial charge in [0.2, 0.25) is 11.8 Å². The minimum atomic E-state index is -0.740. The second kappa shape index (κ2) is 8.37. The molecule has 2 fully saturated rings. The third-order valence-corrected chi connectivity index (χ3v) is 4.41. The molecule has 3 rings (SSSR count). The number of hydrogen-bond donors (Lipinski definition) is 3. The van der Waals surface area contributed by atoms with Crippen molar-refractivity contribution in [2.45, 2.75) is 31.4 Å². The van der Waals surface area contributed by atoms with E-state index in [1.807, 2.05) is 0 Å². The average Bonchev–Trinajstić information content (AvgIpc) is 3.13. The summed E-state index contributed by atoms with van der Waals surface area (Å²) in [5.41, 5.74) is 0.440. The van der Waals surface area contributed by atoms with E-state index in [9.17, 15) is 9.59 Å². The zero-order valence-electron chi connectivity index (χ0n) is 14.4. The Morgan fingerprint density at radius 2 is 2.35 bits per heavy atom. The van der Waals surface area contributed by atoms with Crippen LogP contribution in [0, 0.1) is 0 Å². The predicted octanol–water partition coefficient (Wildman–Crippen LogP) is 1.30. The summed E-state index contributed by atoms with van der Waals surface area (Å²) in [6.07, 6.45) is 2.03. The summed E-state index contributed by atoms with van der Waals surface area (Å²) >= 11 is 5.98. The van der Waals surface area contributed by atoms with Crippen LogP contribution in [0.3, 0.4) is 0 Å². The maximum atomic E-state index is 12.6. The number of ether oxygens (including phenoxy) is 2. The molecule has 8 nitrogen and oxygen atoms in total. The molecule has 0 radical (unpaired) electrons. The first-order valence-corrected chi connectivity index (χ1v) is 8.80. The van der Waals surface area contributed by atoms with Gasteiger partial charge in [-0.05, 0) is 31.0 Å². The second-order valence-electron chi connectivity index (χ2n) is 6.11. The molecule has 0 spiro atoms. The summed E-state index contributed by atoms with van der Waals surface area (Å²) < 4.78 is 10.7. The molecule has 1 aromatic rings. The fraction of sp³-hybridized carbons (Fsp3) is 0.471. The van der Waals surface area contributed by atoms with Crippen LogP contribution < -0.4 is 20.7 Å². The number of amides is 2. The van der Waals surface area contributed by atoms with Gasteiger partial charge in [0.05, 0.1) is 31.9 Å². The van der Waals surface area contributed by atoms with Crippen molar-refractivity contribution in [1.82, 2.24) is 10.6 Å². The Labute approximate surface area is 156 Å². The van der Waals surface area contributed by atoms with Gasteiger partial charge in [0.15, 0.2) is 5.96 Å². The molecule has 2 heterocycles. The highest BCUT2D eigenvalue weighted by Crippen LogP contribution is 2.27. The summed E-state index contributed by atoms with van der Waals surface area (Å²) in [4.78, 5) is 28.8. The molecular formula is C17H21ClN4O4. The summed E-state index contributed by atoms with van der Waals surface area (Å²) in [5, 5.41) is 8.80. The zero-order valence-corrected chi connectivity index (χ0v) is 15.1. The average molecular weight is 381 g/mol. The molecule has 9 heteroatoms. The number of hydrogen-bond acceptors (Lipinski definition) is 5. The van der Waals surface area contributed by atoms with Gasteiger partial charge >= 0.3 is 0 Å². The second-order valence-corrected chi connectivity index (χ2v) is 6.54. The van der Waals surface area contributed by atoms with E-state index in [-0.39, 0.29) is 30.3 Å². The third-order valence-electron chi connectivity index (χ3n) is 4.17. The van der Waals surface area contributed by atoms with E-state index in [4.69, 9.17) is 21.1 Å². The first-order valence-electron chi connectivity index (χ1n) is 8.42. The Balaban J connectivity index is 1.65. The zero-order chi connectivity index (χ0) is 18.5. The fourth-order valence-electron chi connectivity index (χ4n) is 2.84. The highest BCUT2D eigenvalue weighted by molar-refractivity contribution is 6.31.